The van der Waals surface area contributed by atoms with Crippen LogP contribution in [0.2, 0.25) is 37.8 Å². The molecule has 3 heteroatoms. The Morgan fingerprint density at radius 1 is 1.00 bits per heavy atom. The summed E-state index contributed by atoms with van der Waals surface area (Å²) in [7, 11) is -3.08. The van der Waals surface area contributed by atoms with E-state index in [-0.39, 0.29) is 11.1 Å². The van der Waals surface area contributed by atoms with E-state index in [0.29, 0.717) is 0 Å². The van der Waals surface area contributed by atoms with Gasteiger partial charge < -0.3 is 4.43 Å². The minimum atomic E-state index is -1.77. The Bertz CT molecular complexity index is 479. The molecule has 0 aromatic heterocycles. The van der Waals surface area contributed by atoms with Crippen LogP contribution in [0.25, 0.3) is 0 Å². The maximum absolute atomic E-state index is 6.61. The number of allylic oxidation sites excluding steroid dienone is 2. The first kappa shape index (κ1) is 24.4. The van der Waals surface area contributed by atoms with Crippen LogP contribution >= 0.6 is 0 Å². The molecule has 144 valence electrons. The van der Waals surface area contributed by atoms with Crippen LogP contribution in [0.5, 0.6) is 0 Å². The lowest BCUT2D eigenvalue weighted by molar-refractivity contribution is 0.228. The first-order valence-corrected chi connectivity index (χ1v) is 16.3. The largest absolute Gasteiger partial charge is 0.410 e. The van der Waals surface area contributed by atoms with Gasteiger partial charge in [-0.2, -0.15) is 0 Å². The monoisotopic (exact) mass is 380 g/mol. The second-order valence-corrected chi connectivity index (χ2v) is 19.0. The molecule has 0 saturated heterocycles. The minimum absolute atomic E-state index is 0.138. The summed E-state index contributed by atoms with van der Waals surface area (Å²) in [6, 6.07) is 0. The van der Waals surface area contributed by atoms with Gasteiger partial charge in [0, 0.05) is 0 Å². The van der Waals surface area contributed by atoms with Gasteiger partial charge in [0.15, 0.2) is 8.32 Å². The van der Waals surface area contributed by atoms with Gasteiger partial charge in [-0.3, -0.25) is 0 Å². The molecular formula is C22H42OSi2. The van der Waals surface area contributed by atoms with Crippen molar-refractivity contribution in [3.05, 3.63) is 24.3 Å². The molecule has 1 atom stereocenters. The molecule has 1 nitrogen and oxygen atoms in total. The third-order valence-electron chi connectivity index (χ3n) is 4.60. The highest BCUT2D eigenvalue weighted by atomic mass is 28.4. The summed E-state index contributed by atoms with van der Waals surface area (Å²) >= 11 is 0. The van der Waals surface area contributed by atoms with Gasteiger partial charge >= 0.3 is 0 Å². The molecule has 0 aromatic rings. The molecule has 0 rings (SSSR count). The normalized spacial score (nSPS) is 14.8. The molecule has 0 heterocycles. The Morgan fingerprint density at radius 2 is 1.64 bits per heavy atom. The topological polar surface area (TPSA) is 9.23 Å². The molecule has 0 radical (unpaired) electrons. The fourth-order valence-electron chi connectivity index (χ4n) is 2.00. The van der Waals surface area contributed by atoms with Gasteiger partial charge in [-0.05, 0) is 49.5 Å². The third-order valence-corrected chi connectivity index (χ3v) is 10.0. The smallest absolute Gasteiger partial charge is 0.192 e. The Labute approximate surface area is 160 Å². The Kier molecular flexibility index (Phi) is 11.0. The van der Waals surface area contributed by atoms with Crippen LogP contribution in [0.15, 0.2) is 24.3 Å². The molecule has 0 aliphatic rings. The number of hydrogen-bond donors (Lipinski definition) is 0. The van der Waals surface area contributed by atoms with Crippen LogP contribution in [0.3, 0.4) is 0 Å². The van der Waals surface area contributed by atoms with Gasteiger partial charge in [0.05, 0.1) is 6.10 Å². The molecule has 0 N–H and O–H groups in total. The van der Waals surface area contributed by atoms with Crippen molar-refractivity contribution in [3.8, 4) is 11.5 Å². The summed E-state index contributed by atoms with van der Waals surface area (Å²) < 4.78 is 6.61. The minimum Gasteiger partial charge on any atom is -0.410 e. The van der Waals surface area contributed by atoms with Crippen molar-refractivity contribution < 1.29 is 4.43 Å². The van der Waals surface area contributed by atoms with Gasteiger partial charge in [-0.15, -0.1) is 5.54 Å². The third kappa shape index (κ3) is 12.4. The van der Waals surface area contributed by atoms with E-state index in [2.05, 4.69) is 90.1 Å². The quantitative estimate of drug-likeness (QED) is 0.134. The Hall–Kier alpha value is -0.566. The van der Waals surface area contributed by atoms with E-state index < -0.39 is 16.4 Å². The maximum Gasteiger partial charge on any atom is 0.192 e. The van der Waals surface area contributed by atoms with E-state index >= 15 is 0 Å². The number of rotatable bonds is 9. The zero-order valence-corrected chi connectivity index (χ0v) is 20.3. The predicted octanol–water partition coefficient (Wildman–Crippen LogP) is 7.34. The van der Waals surface area contributed by atoms with Crippen LogP contribution in [-0.2, 0) is 4.43 Å². The average Bonchev–Trinajstić information content (AvgIpc) is 2.44. The van der Waals surface area contributed by atoms with Crippen LogP contribution in [0, 0.1) is 11.5 Å². The molecule has 0 amide bonds. The van der Waals surface area contributed by atoms with Crippen molar-refractivity contribution in [3.63, 3.8) is 0 Å². The van der Waals surface area contributed by atoms with Gasteiger partial charge in [-0.25, -0.2) is 0 Å². The molecular weight excluding hydrogens is 338 g/mol. The molecule has 1 unspecified atom stereocenters. The highest BCUT2D eigenvalue weighted by Crippen LogP contribution is 2.37. The number of hydrogen-bond acceptors (Lipinski definition) is 1. The Morgan fingerprint density at radius 3 is 2.16 bits per heavy atom. The van der Waals surface area contributed by atoms with E-state index in [4.69, 9.17) is 4.43 Å². The van der Waals surface area contributed by atoms with Crippen LogP contribution < -0.4 is 0 Å². The summed E-state index contributed by atoms with van der Waals surface area (Å²) in [6.45, 7) is 20.6. The summed E-state index contributed by atoms with van der Waals surface area (Å²) in [5, 5.41) is 0.230. The van der Waals surface area contributed by atoms with Gasteiger partial charge in [0.25, 0.3) is 0 Å². The zero-order chi connectivity index (χ0) is 19.6. The molecule has 0 bridgehead atoms. The van der Waals surface area contributed by atoms with Gasteiger partial charge in [-0.1, -0.05) is 78.3 Å². The Balaban J connectivity index is 4.93. The van der Waals surface area contributed by atoms with E-state index in [1.165, 1.54) is 25.7 Å². The molecule has 0 aliphatic carbocycles. The zero-order valence-electron chi connectivity index (χ0n) is 18.3. The lowest BCUT2D eigenvalue weighted by Crippen LogP contribution is -2.43. The van der Waals surface area contributed by atoms with Gasteiger partial charge in [0.2, 0.25) is 0 Å². The van der Waals surface area contributed by atoms with E-state index in [1.54, 1.807) is 0 Å². The molecule has 0 aliphatic heterocycles. The lowest BCUT2D eigenvalue weighted by atomic mass is 10.2. The SMILES string of the molecule is CCCCC/C=C\CC(/[13CH]=[13CH]/C#C[Si](C)(C)C)O[Si](C)(C)C(C)(C)C. The second kappa shape index (κ2) is 11.2. The lowest BCUT2D eigenvalue weighted by Gasteiger charge is -2.38. The highest BCUT2D eigenvalue weighted by Gasteiger charge is 2.38. The van der Waals surface area contributed by atoms with Crippen molar-refractivity contribution in [2.75, 3.05) is 0 Å². The summed E-state index contributed by atoms with van der Waals surface area (Å²) in [6.07, 6.45) is 15.0. The molecule has 0 fully saturated rings. The molecule has 0 spiro atoms. The second-order valence-electron chi connectivity index (χ2n) is 9.50. The van der Waals surface area contributed by atoms with Gasteiger partial charge in [0.1, 0.15) is 8.07 Å². The molecule has 25 heavy (non-hydrogen) atoms. The van der Waals surface area contributed by atoms with Crippen molar-refractivity contribution in [1.82, 2.24) is 0 Å². The average molecular weight is 381 g/mol. The first-order valence-electron chi connectivity index (χ1n) is 9.91. The molecule has 0 saturated carbocycles. The fraction of sp³-hybridized carbons (Fsp3) is 0.727. The van der Waals surface area contributed by atoms with Crippen molar-refractivity contribution in [2.45, 2.75) is 104 Å². The maximum atomic E-state index is 6.61. The predicted molar refractivity (Wildman–Crippen MR) is 120 cm³/mol. The number of unbranched alkanes of at least 4 members (excludes halogenated alkanes) is 3. The van der Waals surface area contributed by atoms with E-state index in [9.17, 15) is 0 Å². The summed E-state index contributed by atoms with van der Waals surface area (Å²) in [5.41, 5.74) is 3.40. The van der Waals surface area contributed by atoms with E-state index in [0.717, 1.165) is 6.42 Å². The van der Waals surface area contributed by atoms with Crippen molar-refractivity contribution in [1.29, 1.82) is 0 Å². The molecule has 0 aromatic carbocycles. The van der Waals surface area contributed by atoms with Crippen molar-refractivity contribution in [2.24, 2.45) is 0 Å². The van der Waals surface area contributed by atoms with Crippen LogP contribution in [0.4, 0.5) is 0 Å². The summed E-state index contributed by atoms with van der Waals surface area (Å²) in [4.78, 5) is 0. The van der Waals surface area contributed by atoms with Crippen molar-refractivity contribution >= 4 is 16.4 Å². The standard InChI is InChI=1S/C22H42OSi2/c1-10-11-12-13-14-15-18-21(19-16-17-20-24(5,6)7)23-25(8,9)22(2,3)4/h14-16,19,21H,10-13,18H2,1-9H3/b15-14-,19-16+/i16+1,19+1. The first-order chi connectivity index (χ1) is 11.4. The van der Waals surface area contributed by atoms with Crippen LogP contribution in [0.1, 0.15) is 59.8 Å². The fourth-order valence-corrected chi connectivity index (χ4v) is 3.80. The van der Waals surface area contributed by atoms with Crippen LogP contribution in [-0.4, -0.2) is 22.5 Å². The van der Waals surface area contributed by atoms with E-state index in [1.807, 2.05) is 6.08 Å². The highest BCUT2D eigenvalue weighted by molar-refractivity contribution is 6.83. The summed E-state index contributed by atoms with van der Waals surface area (Å²) in [5.74, 6) is 3.24.